The van der Waals surface area contributed by atoms with Crippen molar-refractivity contribution in [2.75, 3.05) is 6.61 Å². The Hall–Kier alpha value is -0.300. The maximum absolute atomic E-state index is 8.63. The van der Waals surface area contributed by atoms with Crippen molar-refractivity contribution in [3.05, 3.63) is 12.2 Å². The lowest BCUT2D eigenvalue weighted by molar-refractivity contribution is 0.282. The third-order valence-corrected chi connectivity index (χ3v) is 3.17. The van der Waals surface area contributed by atoms with Gasteiger partial charge in [0, 0.05) is 6.61 Å². The summed E-state index contributed by atoms with van der Waals surface area (Å²) in [6, 6.07) is 0. The van der Waals surface area contributed by atoms with Crippen LogP contribution in [0, 0.1) is 0 Å². The van der Waals surface area contributed by atoms with E-state index in [2.05, 4.69) is 19.1 Å². The van der Waals surface area contributed by atoms with Crippen LogP contribution in [0.5, 0.6) is 0 Å². The number of aliphatic hydroxyl groups is 1. The quantitative estimate of drug-likeness (QED) is 0.345. The Morgan fingerprint density at radius 3 is 1.65 bits per heavy atom. The second-order valence-electron chi connectivity index (χ2n) is 4.95. The molecule has 0 aromatic carbocycles. The summed E-state index contributed by atoms with van der Waals surface area (Å²) in [7, 11) is 0. The molecule has 0 aliphatic heterocycles. The molecule has 0 atom stereocenters. The first-order valence-electron chi connectivity index (χ1n) is 7.67. The zero-order valence-corrected chi connectivity index (χ0v) is 11.8. The van der Waals surface area contributed by atoms with Gasteiger partial charge in [-0.1, -0.05) is 64.0 Å². The topological polar surface area (TPSA) is 20.2 Å². The van der Waals surface area contributed by atoms with E-state index in [0.29, 0.717) is 6.61 Å². The van der Waals surface area contributed by atoms with Gasteiger partial charge in [0.25, 0.3) is 0 Å². The van der Waals surface area contributed by atoms with Gasteiger partial charge in [0.2, 0.25) is 0 Å². The molecule has 1 nitrogen and oxygen atoms in total. The van der Waals surface area contributed by atoms with Crippen molar-refractivity contribution in [1.82, 2.24) is 0 Å². The van der Waals surface area contributed by atoms with E-state index in [1.54, 1.807) is 0 Å². The van der Waals surface area contributed by atoms with Crippen LogP contribution in [0.3, 0.4) is 0 Å². The van der Waals surface area contributed by atoms with Gasteiger partial charge in [-0.15, -0.1) is 0 Å². The van der Waals surface area contributed by atoms with Crippen molar-refractivity contribution in [2.24, 2.45) is 0 Å². The van der Waals surface area contributed by atoms with Crippen molar-refractivity contribution < 1.29 is 5.11 Å². The Morgan fingerprint density at radius 2 is 1.12 bits per heavy atom. The molecule has 0 aromatic rings. The molecule has 0 aliphatic rings. The summed E-state index contributed by atoms with van der Waals surface area (Å²) in [5, 5.41) is 8.63. The van der Waals surface area contributed by atoms with Crippen molar-refractivity contribution in [3.8, 4) is 0 Å². The van der Waals surface area contributed by atoms with Gasteiger partial charge in [0.05, 0.1) is 0 Å². The van der Waals surface area contributed by atoms with E-state index in [4.69, 9.17) is 5.11 Å². The molecule has 0 spiro atoms. The molecule has 1 heteroatoms. The lowest BCUT2D eigenvalue weighted by Crippen LogP contribution is -1.83. The first-order chi connectivity index (χ1) is 8.41. The molecule has 0 radical (unpaired) electrons. The lowest BCUT2D eigenvalue weighted by Gasteiger charge is -1.98. The third-order valence-electron chi connectivity index (χ3n) is 3.17. The molecule has 1 N–H and O–H groups in total. The molecule has 102 valence electrons. The smallest absolute Gasteiger partial charge is 0.0431 e. The van der Waals surface area contributed by atoms with Crippen molar-refractivity contribution >= 4 is 0 Å². The number of rotatable bonds is 13. The molecule has 0 rings (SSSR count). The Morgan fingerprint density at radius 1 is 0.647 bits per heavy atom. The molecule has 17 heavy (non-hydrogen) atoms. The summed E-state index contributed by atoms with van der Waals surface area (Å²) in [6.45, 7) is 2.62. The van der Waals surface area contributed by atoms with E-state index >= 15 is 0 Å². The standard InChI is InChI=1S/C16H32O/c1-2-3-4-5-6-7-8-9-10-11-12-13-14-15-16-17/h8-9,17H,2-7,10-16H2,1H3/b9-8-. The number of hydrogen-bond donors (Lipinski definition) is 1. The average Bonchev–Trinajstić information content (AvgIpc) is 2.35. The average molecular weight is 240 g/mol. The van der Waals surface area contributed by atoms with E-state index in [9.17, 15) is 0 Å². The van der Waals surface area contributed by atoms with Crippen molar-refractivity contribution in [2.45, 2.75) is 84.0 Å². The molecule has 0 saturated carbocycles. The zero-order valence-electron chi connectivity index (χ0n) is 11.8. The predicted octanol–water partition coefficient (Wildman–Crippen LogP) is 5.24. The summed E-state index contributed by atoms with van der Waals surface area (Å²) in [5.74, 6) is 0. The van der Waals surface area contributed by atoms with Crippen molar-refractivity contribution in [3.63, 3.8) is 0 Å². The lowest BCUT2D eigenvalue weighted by atomic mass is 10.1. The highest BCUT2D eigenvalue weighted by molar-refractivity contribution is 4.81. The molecule has 0 unspecified atom stereocenters. The van der Waals surface area contributed by atoms with Crippen LogP contribution in [-0.2, 0) is 0 Å². The SMILES string of the molecule is CCCCCCC/C=C\CCCCCCCO. The van der Waals surface area contributed by atoms with Gasteiger partial charge >= 0.3 is 0 Å². The fourth-order valence-electron chi connectivity index (χ4n) is 2.01. The second kappa shape index (κ2) is 15.7. The van der Waals surface area contributed by atoms with Gasteiger partial charge in [-0.2, -0.15) is 0 Å². The molecule has 0 fully saturated rings. The predicted molar refractivity (Wildman–Crippen MR) is 77.3 cm³/mol. The number of unbranched alkanes of at least 4 members (excludes halogenated alkanes) is 10. The first-order valence-corrected chi connectivity index (χ1v) is 7.67. The van der Waals surface area contributed by atoms with Crippen LogP contribution in [-0.4, -0.2) is 11.7 Å². The van der Waals surface area contributed by atoms with Crippen LogP contribution in [0.4, 0.5) is 0 Å². The maximum atomic E-state index is 8.63. The van der Waals surface area contributed by atoms with E-state index < -0.39 is 0 Å². The van der Waals surface area contributed by atoms with Crippen LogP contribution in [0.1, 0.15) is 84.0 Å². The normalized spacial score (nSPS) is 11.4. The van der Waals surface area contributed by atoms with Gasteiger partial charge in [0.15, 0.2) is 0 Å². The zero-order chi connectivity index (χ0) is 12.6. The number of allylic oxidation sites excluding steroid dienone is 2. The highest BCUT2D eigenvalue weighted by Gasteiger charge is 1.89. The summed E-state index contributed by atoms with van der Waals surface area (Å²) in [6.07, 6.45) is 20.2. The van der Waals surface area contributed by atoms with Gasteiger partial charge in [0.1, 0.15) is 0 Å². The van der Waals surface area contributed by atoms with E-state index in [1.165, 1.54) is 70.6 Å². The fourth-order valence-corrected chi connectivity index (χ4v) is 2.01. The summed E-state index contributed by atoms with van der Waals surface area (Å²) in [5.41, 5.74) is 0. The molecule has 0 bridgehead atoms. The fraction of sp³-hybridized carbons (Fsp3) is 0.875. The minimum absolute atomic E-state index is 0.359. The van der Waals surface area contributed by atoms with Gasteiger partial charge in [-0.3, -0.25) is 0 Å². The molecule has 0 saturated heterocycles. The molecule has 0 heterocycles. The molecule has 0 amide bonds. The van der Waals surface area contributed by atoms with Gasteiger partial charge in [-0.25, -0.2) is 0 Å². The monoisotopic (exact) mass is 240 g/mol. The van der Waals surface area contributed by atoms with Gasteiger partial charge < -0.3 is 5.11 Å². The largest absolute Gasteiger partial charge is 0.396 e. The van der Waals surface area contributed by atoms with Crippen LogP contribution < -0.4 is 0 Å². The van der Waals surface area contributed by atoms with E-state index in [1.807, 2.05) is 0 Å². The van der Waals surface area contributed by atoms with Crippen LogP contribution in [0.2, 0.25) is 0 Å². The Kier molecular flexibility index (Phi) is 15.4. The summed E-state index contributed by atoms with van der Waals surface area (Å²) in [4.78, 5) is 0. The molecule has 0 aromatic heterocycles. The van der Waals surface area contributed by atoms with E-state index in [-0.39, 0.29) is 0 Å². The Bertz CT molecular complexity index is 152. The number of aliphatic hydroxyl groups excluding tert-OH is 1. The first kappa shape index (κ1) is 16.7. The molecular weight excluding hydrogens is 208 g/mol. The highest BCUT2D eigenvalue weighted by Crippen LogP contribution is 2.08. The minimum Gasteiger partial charge on any atom is -0.396 e. The third kappa shape index (κ3) is 15.7. The van der Waals surface area contributed by atoms with Crippen LogP contribution in [0.25, 0.3) is 0 Å². The van der Waals surface area contributed by atoms with Crippen LogP contribution in [0.15, 0.2) is 12.2 Å². The maximum Gasteiger partial charge on any atom is 0.0431 e. The summed E-state index contributed by atoms with van der Waals surface area (Å²) >= 11 is 0. The van der Waals surface area contributed by atoms with E-state index in [0.717, 1.165) is 6.42 Å². The Labute approximate surface area is 108 Å². The molecule has 0 aliphatic carbocycles. The molecular formula is C16H32O. The number of hydrogen-bond acceptors (Lipinski definition) is 1. The van der Waals surface area contributed by atoms with Gasteiger partial charge in [-0.05, 0) is 32.1 Å². The highest BCUT2D eigenvalue weighted by atomic mass is 16.2. The Balaban J connectivity index is 2.99. The van der Waals surface area contributed by atoms with Crippen LogP contribution >= 0.6 is 0 Å². The second-order valence-corrected chi connectivity index (χ2v) is 4.95. The summed E-state index contributed by atoms with van der Waals surface area (Å²) < 4.78 is 0. The van der Waals surface area contributed by atoms with Crippen molar-refractivity contribution in [1.29, 1.82) is 0 Å². The minimum atomic E-state index is 0.359.